The lowest BCUT2D eigenvalue weighted by atomic mass is 9.61. The molecule has 0 radical (unpaired) electrons. The summed E-state index contributed by atoms with van der Waals surface area (Å²) < 4.78 is 40.2. The highest BCUT2D eigenvalue weighted by atomic mass is 19.4. The second-order valence-electron chi connectivity index (χ2n) is 9.26. The molecule has 1 amide bonds. The maximum Gasteiger partial charge on any atom is 0.416 e. The van der Waals surface area contributed by atoms with Crippen LogP contribution in [-0.2, 0) is 12.6 Å². The number of nitrogens with one attached hydrogen (secondary N) is 2. The van der Waals surface area contributed by atoms with Gasteiger partial charge in [0.25, 0.3) is 11.5 Å². The van der Waals surface area contributed by atoms with Gasteiger partial charge in [-0.3, -0.25) is 14.0 Å². The quantitative estimate of drug-likeness (QED) is 0.422. The van der Waals surface area contributed by atoms with Gasteiger partial charge in [0, 0.05) is 17.6 Å². The molecule has 5 rings (SSSR count). The summed E-state index contributed by atoms with van der Waals surface area (Å²) in [5.74, 6) is -0.361. The van der Waals surface area contributed by atoms with Crippen molar-refractivity contribution in [2.24, 2.45) is 5.41 Å². The van der Waals surface area contributed by atoms with E-state index in [0.29, 0.717) is 11.8 Å². The highest BCUT2D eigenvalue weighted by Crippen LogP contribution is 2.47. The summed E-state index contributed by atoms with van der Waals surface area (Å²) in [5, 5.41) is 11.3. The summed E-state index contributed by atoms with van der Waals surface area (Å²) in [6.07, 6.45) is 2.16. The highest BCUT2D eigenvalue weighted by Gasteiger charge is 2.43. The van der Waals surface area contributed by atoms with E-state index >= 15 is 0 Å². The number of fused-ring (bicyclic) bond motifs is 2. The maximum atomic E-state index is 12.9. The van der Waals surface area contributed by atoms with Gasteiger partial charge >= 0.3 is 6.18 Å². The van der Waals surface area contributed by atoms with Crippen LogP contribution < -0.4 is 10.9 Å². The Morgan fingerprint density at radius 1 is 1.23 bits per heavy atom. The fraction of sp³-hybridized carbons (Fsp3) is 0.360. The fourth-order valence-corrected chi connectivity index (χ4v) is 5.09. The summed E-state index contributed by atoms with van der Waals surface area (Å²) in [6, 6.07) is 9.25. The molecular formula is C25H24F3N5O2. The molecule has 7 nitrogen and oxygen atoms in total. The summed E-state index contributed by atoms with van der Waals surface area (Å²) in [7, 11) is 0. The number of pyridine rings is 1. The number of aromatic nitrogens is 4. The van der Waals surface area contributed by atoms with Crippen molar-refractivity contribution < 1.29 is 18.0 Å². The van der Waals surface area contributed by atoms with Crippen LogP contribution in [0.1, 0.15) is 54.4 Å². The van der Waals surface area contributed by atoms with Gasteiger partial charge < -0.3 is 5.32 Å². The number of carbonyl (C=O) groups is 1. The average molecular weight is 483 g/mol. The lowest BCUT2D eigenvalue weighted by Crippen LogP contribution is -2.51. The molecule has 0 saturated heterocycles. The largest absolute Gasteiger partial charge is 0.416 e. The minimum absolute atomic E-state index is 0.0252. The zero-order valence-corrected chi connectivity index (χ0v) is 19.0. The van der Waals surface area contributed by atoms with Crippen LogP contribution in [0.25, 0.3) is 16.4 Å². The molecular weight excluding hydrogens is 459 g/mol. The second-order valence-corrected chi connectivity index (χ2v) is 9.26. The third kappa shape index (κ3) is 4.28. The number of hydrogen-bond acceptors (Lipinski definition) is 4. The first-order chi connectivity index (χ1) is 16.7. The summed E-state index contributed by atoms with van der Waals surface area (Å²) in [5.41, 5.74) is 0.165. The van der Waals surface area contributed by atoms with Crippen molar-refractivity contribution in [1.82, 2.24) is 24.9 Å². The molecule has 0 unspecified atom stereocenters. The number of hydrogen-bond donors (Lipinski definition) is 2. The number of rotatable bonds is 6. The minimum atomic E-state index is -4.47. The molecule has 0 bridgehead atoms. The Morgan fingerprint density at radius 2 is 1.97 bits per heavy atom. The van der Waals surface area contributed by atoms with Gasteiger partial charge in [-0.2, -0.15) is 18.3 Å². The molecule has 2 N–H and O–H groups in total. The summed E-state index contributed by atoms with van der Waals surface area (Å²) >= 11 is 0. The van der Waals surface area contributed by atoms with Crippen molar-refractivity contribution in [3.8, 4) is 0 Å². The number of carbonyl (C=O) groups excluding carboxylic acids is 1. The number of halogens is 3. The Kier molecular flexibility index (Phi) is 5.61. The van der Waals surface area contributed by atoms with Gasteiger partial charge in [0.2, 0.25) is 0 Å². The molecule has 3 aromatic heterocycles. The Labute approximate surface area is 198 Å². The monoisotopic (exact) mass is 483 g/mol. The van der Waals surface area contributed by atoms with Crippen molar-refractivity contribution in [1.29, 1.82) is 0 Å². The first-order valence-corrected chi connectivity index (χ1v) is 11.5. The van der Waals surface area contributed by atoms with Gasteiger partial charge in [-0.15, -0.1) is 0 Å². The van der Waals surface area contributed by atoms with Crippen LogP contribution in [0.15, 0.2) is 53.6 Å². The number of alkyl halides is 3. The average Bonchev–Trinajstić information content (AvgIpc) is 3.24. The van der Waals surface area contributed by atoms with E-state index in [1.807, 2.05) is 18.2 Å². The van der Waals surface area contributed by atoms with E-state index in [0.717, 1.165) is 48.9 Å². The molecule has 3 heterocycles. The zero-order chi connectivity index (χ0) is 24.8. The topological polar surface area (TPSA) is 92.1 Å². The van der Waals surface area contributed by atoms with Gasteiger partial charge in [-0.05, 0) is 49.3 Å². The van der Waals surface area contributed by atoms with E-state index in [4.69, 9.17) is 0 Å². The van der Waals surface area contributed by atoms with Crippen LogP contribution in [0, 0.1) is 5.41 Å². The van der Waals surface area contributed by atoms with Crippen molar-refractivity contribution in [3.05, 3.63) is 76.1 Å². The van der Waals surface area contributed by atoms with Crippen LogP contribution in [0.3, 0.4) is 0 Å². The molecule has 1 aliphatic rings. The van der Waals surface area contributed by atoms with Crippen LogP contribution in [0.4, 0.5) is 13.2 Å². The van der Waals surface area contributed by atoms with Gasteiger partial charge in [-0.1, -0.05) is 31.5 Å². The summed E-state index contributed by atoms with van der Waals surface area (Å²) in [6.45, 7) is 2.12. The first kappa shape index (κ1) is 23.1. The van der Waals surface area contributed by atoms with Crippen LogP contribution in [0.5, 0.6) is 0 Å². The first-order valence-electron chi connectivity index (χ1n) is 11.5. The van der Waals surface area contributed by atoms with Crippen molar-refractivity contribution in [3.63, 3.8) is 0 Å². The van der Waals surface area contributed by atoms with Crippen LogP contribution in [0.2, 0.25) is 0 Å². The van der Waals surface area contributed by atoms with E-state index in [1.165, 1.54) is 16.8 Å². The lowest BCUT2D eigenvalue weighted by molar-refractivity contribution is -0.137. The molecule has 0 spiro atoms. The zero-order valence-electron chi connectivity index (χ0n) is 19.0. The number of imidazole rings is 1. The van der Waals surface area contributed by atoms with E-state index in [1.54, 1.807) is 6.07 Å². The fourth-order valence-electron chi connectivity index (χ4n) is 5.09. The predicted octanol–water partition coefficient (Wildman–Crippen LogP) is 4.51. The van der Waals surface area contributed by atoms with Gasteiger partial charge in [-0.25, -0.2) is 10.1 Å². The minimum Gasteiger partial charge on any atom is -0.348 e. The van der Waals surface area contributed by atoms with Gasteiger partial charge in [0.05, 0.1) is 22.8 Å². The molecule has 35 heavy (non-hydrogen) atoms. The molecule has 1 saturated carbocycles. The Bertz CT molecular complexity index is 1470. The smallest absolute Gasteiger partial charge is 0.348 e. The van der Waals surface area contributed by atoms with Crippen LogP contribution >= 0.6 is 0 Å². The van der Waals surface area contributed by atoms with Crippen molar-refractivity contribution >= 4 is 22.3 Å². The second kappa shape index (κ2) is 8.51. The molecule has 4 aromatic rings. The highest BCUT2D eigenvalue weighted by molar-refractivity contribution is 5.93. The molecule has 10 heteroatoms. The molecule has 182 valence electrons. The van der Waals surface area contributed by atoms with Gasteiger partial charge in [0.1, 0.15) is 11.3 Å². The number of nitrogens with zero attached hydrogens (tertiary/aromatic N) is 3. The predicted molar refractivity (Wildman–Crippen MR) is 124 cm³/mol. The lowest BCUT2D eigenvalue weighted by Gasteiger charge is -2.48. The Morgan fingerprint density at radius 3 is 2.69 bits per heavy atom. The molecule has 0 aliphatic heterocycles. The standard InChI is InChI=1S/C25H24F3N5O2/c1-2-24(9-7-19-17-5-3-4-6-18(17)22(34)32-31-19)12-16(13-24)30-23(35)20-14-29-21-11-15(25(26,27)28)8-10-33(20)21/h3-6,8,10-11,14,16H,2,7,9,12-13H2,1H3,(H,30,35)(H,32,34). The summed E-state index contributed by atoms with van der Waals surface area (Å²) in [4.78, 5) is 28.8. The number of H-pyrrole nitrogens is 1. The molecule has 1 fully saturated rings. The van der Waals surface area contributed by atoms with E-state index in [2.05, 4.69) is 27.4 Å². The van der Waals surface area contributed by atoms with E-state index in [-0.39, 0.29) is 34.3 Å². The number of amides is 1. The maximum absolute atomic E-state index is 12.9. The van der Waals surface area contributed by atoms with Crippen molar-refractivity contribution in [2.45, 2.75) is 51.2 Å². The van der Waals surface area contributed by atoms with Crippen molar-refractivity contribution in [2.75, 3.05) is 0 Å². The Balaban J connectivity index is 1.24. The third-order valence-corrected chi connectivity index (χ3v) is 7.18. The SMILES string of the molecule is CCC1(CCc2n[nH]c(=O)c3ccccc23)CC(NC(=O)c2cnc3cc(C(F)(F)F)ccn23)C1. The molecule has 1 aliphatic carbocycles. The number of aromatic amines is 1. The number of benzene rings is 1. The third-order valence-electron chi connectivity index (χ3n) is 7.18. The van der Waals surface area contributed by atoms with E-state index < -0.39 is 11.7 Å². The molecule has 0 atom stereocenters. The Hall–Kier alpha value is -3.69. The van der Waals surface area contributed by atoms with Gasteiger partial charge in [0.15, 0.2) is 0 Å². The molecule has 1 aromatic carbocycles. The number of aryl methyl sites for hydroxylation is 1. The normalized spacial score (nSPS) is 20.2. The van der Waals surface area contributed by atoms with E-state index in [9.17, 15) is 22.8 Å². The van der Waals surface area contributed by atoms with Crippen LogP contribution in [-0.4, -0.2) is 31.5 Å².